The molecular formula is C15H16O7. The van der Waals surface area contributed by atoms with E-state index in [-0.39, 0.29) is 0 Å². The van der Waals surface area contributed by atoms with Crippen LogP contribution in [0.15, 0.2) is 29.9 Å². The van der Waals surface area contributed by atoms with Crippen molar-refractivity contribution in [2.45, 2.75) is 0 Å². The van der Waals surface area contributed by atoms with Crippen molar-refractivity contribution in [3.63, 3.8) is 0 Å². The number of aliphatic carboxylic acids is 2. The summed E-state index contributed by atoms with van der Waals surface area (Å²) in [6.45, 7) is 0. The number of methoxy groups -OCH3 is 3. The van der Waals surface area contributed by atoms with Crippen LogP contribution >= 0.6 is 0 Å². The van der Waals surface area contributed by atoms with Crippen LogP contribution in [0.1, 0.15) is 5.56 Å². The van der Waals surface area contributed by atoms with E-state index in [1.807, 2.05) is 0 Å². The van der Waals surface area contributed by atoms with Gasteiger partial charge in [0.25, 0.3) is 0 Å². The predicted molar refractivity (Wildman–Crippen MR) is 78.5 cm³/mol. The van der Waals surface area contributed by atoms with E-state index in [4.69, 9.17) is 24.4 Å². The molecule has 0 saturated carbocycles. The van der Waals surface area contributed by atoms with Gasteiger partial charge in [-0.05, 0) is 23.8 Å². The first-order valence-electron chi connectivity index (χ1n) is 6.09. The second kappa shape index (κ2) is 7.72. The lowest BCUT2D eigenvalue weighted by molar-refractivity contribution is -0.140. The molecule has 1 rings (SSSR count). The molecule has 0 aromatic heterocycles. The zero-order valence-electron chi connectivity index (χ0n) is 12.3. The first-order valence-corrected chi connectivity index (χ1v) is 6.09. The molecule has 0 aliphatic carbocycles. The van der Waals surface area contributed by atoms with Crippen LogP contribution in [-0.2, 0) is 9.59 Å². The van der Waals surface area contributed by atoms with Gasteiger partial charge in [0.1, 0.15) is 5.57 Å². The van der Waals surface area contributed by atoms with Crippen LogP contribution in [0.4, 0.5) is 0 Å². The summed E-state index contributed by atoms with van der Waals surface area (Å²) < 4.78 is 15.5. The Morgan fingerprint density at radius 1 is 0.955 bits per heavy atom. The van der Waals surface area contributed by atoms with Gasteiger partial charge in [-0.15, -0.1) is 0 Å². The molecule has 0 unspecified atom stereocenters. The quantitative estimate of drug-likeness (QED) is 0.343. The van der Waals surface area contributed by atoms with Crippen LogP contribution in [0.2, 0.25) is 0 Å². The maximum absolute atomic E-state index is 10.7. The minimum absolute atomic E-state index is 0.425. The van der Waals surface area contributed by atoms with E-state index in [0.717, 1.165) is 6.08 Å². The third kappa shape index (κ3) is 4.02. The van der Waals surface area contributed by atoms with Gasteiger partial charge in [-0.3, -0.25) is 0 Å². The summed E-state index contributed by atoms with van der Waals surface area (Å²) in [5.74, 6) is -1.73. The Balaban J connectivity index is 3.18. The molecule has 0 amide bonds. The molecule has 0 aliphatic rings. The van der Waals surface area contributed by atoms with E-state index in [1.165, 1.54) is 33.5 Å². The van der Waals surface area contributed by atoms with Crippen LogP contribution < -0.4 is 14.2 Å². The summed E-state index contributed by atoms with van der Waals surface area (Å²) >= 11 is 0. The minimum Gasteiger partial charge on any atom is -0.493 e. The largest absolute Gasteiger partial charge is 0.493 e. The smallest absolute Gasteiger partial charge is 0.343 e. The third-order valence-electron chi connectivity index (χ3n) is 2.70. The van der Waals surface area contributed by atoms with Crippen molar-refractivity contribution >= 4 is 18.0 Å². The summed E-state index contributed by atoms with van der Waals surface area (Å²) in [5, 5.41) is 17.5. The summed E-state index contributed by atoms with van der Waals surface area (Å²) in [7, 11) is 4.42. The summed E-state index contributed by atoms with van der Waals surface area (Å²) in [5.41, 5.74) is -0.107. The Hall–Kier alpha value is -2.96. The maximum atomic E-state index is 10.7. The van der Waals surface area contributed by atoms with Gasteiger partial charge >= 0.3 is 11.9 Å². The fourth-order valence-electron chi connectivity index (χ4n) is 1.69. The van der Waals surface area contributed by atoms with Gasteiger partial charge in [0, 0.05) is 0 Å². The fraction of sp³-hybridized carbons (Fsp3) is 0.200. The van der Waals surface area contributed by atoms with E-state index in [1.54, 1.807) is 12.1 Å². The van der Waals surface area contributed by atoms with Gasteiger partial charge in [-0.1, -0.05) is 12.2 Å². The van der Waals surface area contributed by atoms with E-state index < -0.39 is 17.5 Å². The number of allylic oxidation sites excluding steroid dienone is 2. The normalized spacial score (nSPS) is 10.1. The average Bonchev–Trinajstić information content (AvgIpc) is 2.49. The van der Waals surface area contributed by atoms with Crippen molar-refractivity contribution in [2.24, 2.45) is 0 Å². The SMILES string of the molecule is COc1cc(/C=C/C=C(C(=O)O)C(=O)O)cc(OC)c1OC. The van der Waals surface area contributed by atoms with Crippen molar-refractivity contribution in [3.8, 4) is 17.2 Å². The van der Waals surface area contributed by atoms with Gasteiger partial charge < -0.3 is 24.4 Å². The predicted octanol–water partition coefficient (Wildman–Crippen LogP) is 1.82. The molecule has 1 aromatic rings. The highest BCUT2D eigenvalue weighted by molar-refractivity contribution is 6.12. The number of hydrogen-bond donors (Lipinski definition) is 2. The Morgan fingerprint density at radius 2 is 1.45 bits per heavy atom. The minimum atomic E-state index is -1.51. The summed E-state index contributed by atoms with van der Waals surface area (Å²) in [4.78, 5) is 21.5. The van der Waals surface area contributed by atoms with Crippen LogP contribution in [0.3, 0.4) is 0 Å². The number of carboxylic acids is 2. The van der Waals surface area contributed by atoms with Crippen molar-refractivity contribution in [2.75, 3.05) is 21.3 Å². The molecule has 118 valence electrons. The van der Waals surface area contributed by atoms with Crippen molar-refractivity contribution in [1.82, 2.24) is 0 Å². The first-order chi connectivity index (χ1) is 10.4. The van der Waals surface area contributed by atoms with Gasteiger partial charge in [0.2, 0.25) is 5.75 Å². The molecule has 0 fully saturated rings. The lowest BCUT2D eigenvalue weighted by atomic mass is 10.1. The molecule has 0 atom stereocenters. The van der Waals surface area contributed by atoms with E-state index >= 15 is 0 Å². The van der Waals surface area contributed by atoms with Crippen molar-refractivity contribution in [3.05, 3.63) is 35.4 Å². The average molecular weight is 308 g/mol. The number of carboxylic acid groups (broad SMARTS) is 2. The Morgan fingerprint density at radius 3 is 1.82 bits per heavy atom. The molecule has 7 heteroatoms. The molecule has 0 spiro atoms. The van der Waals surface area contributed by atoms with Gasteiger partial charge in [0.05, 0.1) is 21.3 Å². The zero-order chi connectivity index (χ0) is 16.7. The molecule has 22 heavy (non-hydrogen) atoms. The van der Waals surface area contributed by atoms with Crippen molar-refractivity contribution in [1.29, 1.82) is 0 Å². The molecule has 0 heterocycles. The van der Waals surface area contributed by atoms with Crippen LogP contribution in [0.25, 0.3) is 6.08 Å². The van der Waals surface area contributed by atoms with E-state index in [0.29, 0.717) is 22.8 Å². The van der Waals surface area contributed by atoms with Crippen LogP contribution in [-0.4, -0.2) is 43.5 Å². The maximum Gasteiger partial charge on any atom is 0.343 e. The Labute approximate surface area is 127 Å². The zero-order valence-corrected chi connectivity index (χ0v) is 12.3. The number of rotatable bonds is 7. The fourth-order valence-corrected chi connectivity index (χ4v) is 1.69. The van der Waals surface area contributed by atoms with Gasteiger partial charge in [-0.25, -0.2) is 9.59 Å². The Kier molecular flexibility index (Phi) is 6.00. The summed E-state index contributed by atoms with van der Waals surface area (Å²) in [6, 6.07) is 3.29. The molecule has 7 nitrogen and oxygen atoms in total. The highest BCUT2D eigenvalue weighted by Gasteiger charge is 2.14. The standard InChI is InChI=1S/C15H16O7/c1-20-11-7-9(8-12(21-2)13(11)22-3)5-4-6-10(14(16)17)15(18)19/h4-8H,1-3H3,(H,16,17)(H,18,19)/b5-4+. The number of hydrogen-bond acceptors (Lipinski definition) is 5. The summed E-state index contributed by atoms with van der Waals surface area (Å²) in [6.07, 6.45) is 3.84. The van der Waals surface area contributed by atoms with Gasteiger partial charge in [0.15, 0.2) is 11.5 Å². The molecule has 0 saturated heterocycles. The van der Waals surface area contributed by atoms with Crippen LogP contribution in [0.5, 0.6) is 17.2 Å². The second-order valence-electron chi connectivity index (χ2n) is 4.01. The van der Waals surface area contributed by atoms with Crippen molar-refractivity contribution < 1.29 is 34.0 Å². The third-order valence-corrected chi connectivity index (χ3v) is 2.70. The Bertz CT molecular complexity index is 588. The lowest BCUT2D eigenvalue weighted by Gasteiger charge is -2.12. The molecule has 0 radical (unpaired) electrons. The number of ether oxygens (including phenoxy) is 3. The lowest BCUT2D eigenvalue weighted by Crippen LogP contribution is -2.10. The molecule has 0 aliphatic heterocycles. The highest BCUT2D eigenvalue weighted by atomic mass is 16.5. The second-order valence-corrected chi connectivity index (χ2v) is 4.01. The molecule has 1 aromatic carbocycles. The number of carbonyl (C=O) groups is 2. The monoisotopic (exact) mass is 308 g/mol. The van der Waals surface area contributed by atoms with Gasteiger partial charge in [-0.2, -0.15) is 0 Å². The van der Waals surface area contributed by atoms with E-state index in [2.05, 4.69) is 0 Å². The topological polar surface area (TPSA) is 102 Å². The van der Waals surface area contributed by atoms with E-state index in [9.17, 15) is 9.59 Å². The molecule has 2 N–H and O–H groups in total. The molecular weight excluding hydrogens is 292 g/mol. The first kappa shape index (κ1) is 17.1. The molecule has 0 bridgehead atoms. The highest BCUT2D eigenvalue weighted by Crippen LogP contribution is 2.38. The number of benzene rings is 1. The van der Waals surface area contributed by atoms with Crippen LogP contribution in [0, 0.1) is 0 Å².